The summed E-state index contributed by atoms with van der Waals surface area (Å²) in [5.41, 5.74) is 1.39. The van der Waals surface area contributed by atoms with Crippen LogP contribution >= 0.6 is 0 Å². The van der Waals surface area contributed by atoms with E-state index in [0.29, 0.717) is 0 Å². The van der Waals surface area contributed by atoms with Crippen molar-refractivity contribution in [1.29, 1.82) is 0 Å². The molecule has 0 aliphatic carbocycles. The lowest BCUT2D eigenvalue weighted by molar-refractivity contribution is 0.0804. The van der Waals surface area contributed by atoms with E-state index < -0.39 is 0 Å². The lowest BCUT2D eigenvalue weighted by Crippen LogP contribution is -2.53. The zero-order chi connectivity index (χ0) is 14.5. The second-order valence-electron chi connectivity index (χ2n) is 6.50. The topological polar surface area (TPSA) is 18.5 Å². The first-order valence-electron chi connectivity index (χ1n) is 8.59. The summed E-state index contributed by atoms with van der Waals surface area (Å²) in [6.45, 7) is 4.87. The normalized spacial score (nSPS) is 25.2. The summed E-state index contributed by atoms with van der Waals surface area (Å²) in [4.78, 5) is 5.36. The molecular weight excluding hydrogens is 258 g/mol. The Balaban J connectivity index is 1.57. The highest BCUT2D eigenvalue weighted by atomic mass is 15.2. The molecule has 0 bridgehead atoms. The molecular formula is C18H29N3. The van der Waals surface area contributed by atoms with E-state index >= 15 is 0 Å². The molecule has 1 atom stereocenters. The van der Waals surface area contributed by atoms with Gasteiger partial charge in [0.05, 0.1) is 0 Å². The van der Waals surface area contributed by atoms with Crippen molar-refractivity contribution in [3.8, 4) is 0 Å². The molecule has 2 saturated heterocycles. The van der Waals surface area contributed by atoms with Crippen LogP contribution in [-0.4, -0.2) is 50.2 Å². The van der Waals surface area contributed by atoms with E-state index in [-0.39, 0.29) is 0 Å². The van der Waals surface area contributed by atoms with Gasteiger partial charge in [-0.25, -0.2) is 0 Å². The van der Waals surface area contributed by atoms with Crippen molar-refractivity contribution in [3.05, 3.63) is 30.3 Å². The molecule has 1 aromatic rings. The van der Waals surface area contributed by atoms with Gasteiger partial charge in [-0.2, -0.15) is 0 Å². The van der Waals surface area contributed by atoms with Crippen molar-refractivity contribution >= 4 is 5.69 Å². The zero-order valence-corrected chi connectivity index (χ0v) is 13.3. The number of rotatable bonds is 4. The summed E-state index contributed by atoms with van der Waals surface area (Å²) in [5, 5.41) is 3.39. The largest absolute Gasteiger partial charge is 0.371 e. The third-order valence-electron chi connectivity index (χ3n) is 5.17. The second-order valence-corrected chi connectivity index (χ2v) is 6.50. The highest BCUT2D eigenvalue weighted by Crippen LogP contribution is 2.27. The van der Waals surface area contributed by atoms with Crippen LogP contribution in [0.25, 0.3) is 0 Å². The number of anilines is 1. The fourth-order valence-electron chi connectivity index (χ4n) is 4.05. The Kier molecular flexibility index (Phi) is 5.15. The van der Waals surface area contributed by atoms with Gasteiger partial charge in [0.25, 0.3) is 0 Å². The second kappa shape index (κ2) is 7.28. The minimum Gasteiger partial charge on any atom is -0.371 e. The standard InChI is InChI=1S/C18H29N3/c1-19-15-18-9-5-6-12-21(18)17-10-13-20(14-11-17)16-7-3-2-4-8-16/h2-4,7-8,17-19H,5-6,9-15H2,1H3. The molecule has 2 heterocycles. The molecule has 3 rings (SSSR count). The number of nitrogens with zero attached hydrogens (tertiary/aromatic N) is 2. The Morgan fingerprint density at radius 3 is 2.48 bits per heavy atom. The van der Waals surface area contributed by atoms with Crippen molar-refractivity contribution in [2.75, 3.05) is 38.1 Å². The molecule has 1 aromatic carbocycles. The van der Waals surface area contributed by atoms with Gasteiger partial charge in [0.1, 0.15) is 0 Å². The smallest absolute Gasteiger partial charge is 0.0366 e. The maximum atomic E-state index is 3.39. The Morgan fingerprint density at radius 1 is 1.00 bits per heavy atom. The first-order chi connectivity index (χ1) is 10.4. The Bertz CT molecular complexity index is 410. The third-order valence-corrected chi connectivity index (χ3v) is 5.17. The Labute approximate surface area is 129 Å². The van der Waals surface area contributed by atoms with Crippen molar-refractivity contribution in [3.63, 3.8) is 0 Å². The molecule has 0 saturated carbocycles. The number of benzene rings is 1. The molecule has 0 amide bonds. The van der Waals surface area contributed by atoms with Crippen LogP contribution in [0, 0.1) is 0 Å². The van der Waals surface area contributed by atoms with Crippen LogP contribution in [0.3, 0.4) is 0 Å². The first kappa shape index (κ1) is 14.9. The molecule has 0 radical (unpaired) electrons. The molecule has 1 unspecified atom stereocenters. The number of likely N-dealkylation sites (N-methyl/N-ethyl adjacent to an activating group) is 1. The lowest BCUT2D eigenvalue weighted by atomic mass is 9.94. The summed E-state index contributed by atoms with van der Waals surface area (Å²) in [5.74, 6) is 0. The molecule has 2 aliphatic rings. The Hall–Kier alpha value is -1.06. The average Bonchev–Trinajstić information content (AvgIpc) is 2.57. The first-order valence-corrected chi connectivity index (χ1v) is 8.59. The molecule has 21 heavy (non-hydrogen) atoms. The van der Waals surface area contributed by atoms with E-state index in [0.717, 1.165) is 18.6 Å². The summed E-state index contributed by atoms with van der Waals surface area (Å²) in [6.07, 6.45) is 6.80. The van der Waals surface area contributed by atoms with E-state index in [1.165, 1.54) is 57.4 Å². The molecule has 0 spiro atoms. The van der Waals surface area contributed by atoms with Gasteiger partial charge in [0.15, 0.2) is 0 Å². The van der Waals surface area contributed by atoms with Gasteiger partial charge in [-0.3, -0.25) is 4.90 Å². The highest BCUT2D eigenvalue weighted by molar-refractivity contribution is 5.46. The van der Waals surface area contributed by atoms with Crippen LogP contribution in [-0.2, 0) is 0 Å². The lowest BCUT2D eigenvalue weighted by Gasteiger charge is -2.45. The van der Waals surface area contributed by atoms with Gasteiger partial charge in [-0.15, -0.1) is 0 Å². The van der Waals surface area contributed by atoms with E-state index in [4.69, 9.17) is 0 Å². The van der Waals surface area contributed by atoms with E-state index in [2.05, 4.69) is 52.5 Å². The van der Waals surface area contributed by atoms with Crippen molar-refractivity contribution in [2.24, 2.45) is 0 Å². The zero-order valence-electron chi connectivity index (χ0n) is 13.3. The summed E-state index contributed by atoms with van der Waals surface area (Å²) >= 11 is 0. The van der Waals surface area contributed by atoms with Crippen LogP contribution in [0.4, 0.5) is 5.69 Å². The molecule has 116 valence electrons. The maximum absolute atomic E-state index is 3.39. The quantitative estimate of drug-likeness (QED) is 0.918. The summed E-state index contributed by atoms with van der Waals surface area (Å²) in [7, 11) is 2.09. The summed E-state index contributed by atoms with van der Waals surface area (Å²) < 4.78 is 0. The van der Waals surface area contributed by atoms with Crippen LogP contribution < -0.4 is 10.2 Å². The molecule has 3 nitrogen and oxygen atoms in total. The average molecular weight is 287 g/mol. The number of para-hydroxylation sites is 1. The number of piperidine rings is 2. The van der Waals surface area contributed by atoms with Crippen molar-refractivity contribution < 1.29 is 0 Å². The van der Waals surface area contributed by atoms with E-state index in [1.54, 1.807) is 0 Å². The predicted molar refractivity (Wildman–Crippen MR) is 89.9 cm³/mol. The van der Waals surface area contributed by atoms with Gasteiger partial charge in [-0.1, -0.05) is 24.6 Å². The predicted octanol–water partition coefficient (Wildman–Crippen LogP) is 2.73. The van der Waals surface area contributed by atoms with Crippen LogP contribution in [0.15, 0.2) is 30.3 Å². The number of nitrogens with one attached hydrogen (secondary N) is 1. The number of likely N-dealkylation sites (tertiary alicyclic amines) is 1. The fourth-order valence-corrected chi connectivity index (χ4v) is 4.05. The van der Waals surface area contributed by atoms with Crippen LogP contribution in [0.1, 0.15) is 32.1 Å². The van der Waals surface area contributed by atoms with E-state index in [1.807, 2.05) is 0 Å². The monoisotopic (exact) mass is 287 g/mol. The third kappa shape index (κ3) is 3.58. The summed E-state index contributed by atoms with van der Waals surface area (Å²) in [6, 6.07) is 12.4. The van der Waals surface area contributed by atoms with Crippen LogP contribution in [0.2, 0.25) is 0 Å². The fraction of sp³-hybridized carbons (Fsp3) is 0.667. The molecule has 0 aromatic heterocycles. The molecule has 2 aliphatic heterocycles. The minimum atomic E-state index is 0.761. The minimum absolute atomic E-state index is 0.761. The number of hydrogen-bond donors (Lipinski definition) is 1. The molecule has 1 N–H and O–H groups in total. The highest BCUT2D eigenvalue weighted by Gasteiger charge is 2.30. The van der Waals surface area contributed by atoms with Crippen molar-refractivity contribution in [2.45, 2.75) is 44.2 Å². The van der Waals surface area contributed by atoms with Crippen molar-refractivity contribution in [1.82, 2.24) is 10.2 Å². The SMILES string of the molecule is CNCC1CCCCN1C1CCN(c2ccccc2)CC1. The van der Waals surface area contributed by atoms with Gasteiger partial charge in [0, 0.05) is 37.4 Å². The van der Waals surface area contributed by atoms with Gasteiger partial charge < -0.3 is 10.2 Å². The van der Waals surface area contributed by atoms with Crippen LogP contribution in [0.5, 0.6) is 0 Å². The molecule has 3 heteroatoms. The van der Waals surface area contributed by atoms with Gasteiger partial charge >= 0.3 is 0 Å². The molecule has 2 fully saturated rings. The van der Waals surface area contributed by atoms with E-state index in [9.17, 15) is 0 Å². The maximum Gasteiger partial charge on any atom is 0.0366 e. The number of hydrogen-bond acceptors (Lipinski definition) is 3. The Morgan fingerprint density at radius 2 is 1.76 bits per heavy atom. The van der Waals surface area contributed by atoms with Gasteiger partial charge in [0.2, 0.25) is 0 Å². The van der Waals surface area contributed by atoms with Gasteiger partial charge in [-0.05, 0) is 51.4 Å².